The molecule has 2 aromatic carbocycles. The van der Waals surface area contributed by atoms with Crippen LogP contribution in [-0.2, 0) is 13.0 Å². The fraction of sp³-hybridized carbons (Fsp3) is 0.344. The van der Waals surface area contributed by atoms with Crippen LogP contribution in [0.25, 0.3) is 5.69 Å². The number of carbonyl (C=O) groups is 1. The van der Waals surface area contributed by atoms with Gasteiger partial charge >= 0.3 is 0 Å². The Balaban J connectivity index is 1.30. The van der Waals surface area contributed by atoms with Crippen LogP contribution in [0.1, 0.15) is 40.0 Å². The lowest BCUT2D eigenvalue weighted by Crippen LogP contribution is -2.39. The molecule has 2 aromatic heterocycles. The molecule has 232 valence electrons. The van der Waals surface area contributed by atoms with Gasteiger partial charge in [-0.2, -0.15) is 10.2 Å². The lowest BCUT2D eigenvalue weighted by atomic mass is 10.0. The predicted octanol–water partition coefficient (Wildman–Crippen LogP) is 3.46. The number of ether oxygens (including phenoxy) is 3. The van der Waals surface area contributed by atoms with Gasteiger partial charge in [0, 0.05) is 42.8 Å². The number of rotatable bonds is 9. The second-order valence-corrected chi connectivity index (χ2v) is 10.8. The largest absolute Gasteiger partial charge is 0.493 e. The number of aliphatic hydroxyl groups excluding tert-OH is 1. The summed E-state index contributed by atoms with van der Waals surface area (Å²) in [5, 5.41) is 22.5. The third-order valence-electron chi connectivity index (χ3n) is 8.22. The van der Waals surface area contributed by atoms with Gasteiger partial charge in [0.25, 0.3) is 5.91 Å². The fourth-order valence-corrected chi connectivity index (χ4v) is 5.90. The Morgan fingerprint density at radius 1 is 1.09 bits per heavy atom. The summed E-state index contributed by atoms with van der Waals surface area (Å²) in [4.78, 5) is 31.6. The zero-order chi connectivity index (χ0) is 31.5. The minimum absolute atomic E-state index is 0.00855. The second-order valence-electron chi connectivity index (χ2n) is 10.8. The molecular formula is C32H34N8O5. The number of hydrogen-bond acceptors (Lipinski definition) is 11. The van der Waals surface area contributed by atoms with Crippen LogP contribution >= 0.6 is 0 Å². The molecule has 0 spiro atoms. The van der Waals surface area contributed by atoms with Crippen LogP contribution in [0.3, 0.4) is 0 Å². The highest BCUT2D eigenvalue weighted by Crippen LogP contribution is 2.39. The molecule has 1 atom stereocenters. The normalized spacial score (nSPS) is 15.8. The van der Waals surface area contributed by atoms with Gasteiger partial charge in [0.05, 0.1) is 69.7 Å². The van der Waals surface area contributed by atoms with Crippen molar-refractivity contribution in [1.82, 2.24) is 24.4 Å². The van der Waals surface area contributed by atoms with E-state index in [4.69, 9.17) is 29.4 Å². The number of methoxy groups -OCH3 is 3. The monoisotopic (exact) mass is 610 g/mol. The van der Waals surface area contributed by atoms with E-state index in [2.05, 4.69) is 21.3 Å². The first-order chi connectivity index (χ1) is 22.0. The van der Waals surface area contributed by atoms with Crippen molar-refractivity contribution in [2.45, 2.75) is 31.8 Å². The van der Waals surface area contributed by atoms with Crippen LogP contribution in [0.5, 0.6) is 17.2 Å². The Morgan fingerprint density at radius 2 is 1.84 bits per heavy atom. The van der Waals surface area contributed by atoms with E-state index in [1.54, 1.807) is 56.8 Å². The van der Waals surface area contributed by atoms with Crippen LogP contribution < -0.4 is 24.4 Å². The summed E-state index contributed by atoms with van der Waals surface area (Å²) in [5.41, 5.74) is 3.50. The molecule has 0 radical (unpaired) electrons. The first kappa shape index (κ1) is 29.7. The molecule has 2 N–H and O–H groups in total. The summed E-state index contributed by atoms with van der Waals surface area (Å²) in [7, 11) is 4.69. The third kappa shape index (κ3) is 5.80. The summed E-state index contributed by atoms with van der Waals surface area (Å²) < 4.78 is 18.3. The number of imidazole rings is 1. The Hall–Kier alpha value is -5.35. The van der Waals surface area contributed by atoms with E-state index >= 15 is 0 Å². The second kappa shape index (κ2) is 12.7. The Morgan fingerprint density at radius 3 is 2.51 bits per heavy atom. The topological polar surface area (TPSA) is 151 Å². The summed E-state index contributed by atoms with van der Waals surface area (Å²) >= 11 is 0. The SMILES string of the molecule is COc1cc(-n2cnc(Nc3nc4c(c(N5CCC[C@H]5CO)n3)CN(C(=O)c3ccc(C#N)cc3)CC4)c2)cc(OC)c1OC. The van der Waals surface area contributed by atoms with Crippen LogP contribution in [0.4, 0.5) is 17.6 Å². The number of nitriles is 1. The molecule has 1 saturated heterocycles. The van der Waals surface area contributed by atoms with E-state index in [0.717, 1.165) is 36.3 Å². The molecule has 0 unspecified atom stereocenters. The molecule has 1 amide bonds. The van der Waals surface area contributed by atoms with Crippen molar-refractivity contribution in [2.75, 3.05) is 51.2 Å². The first-order valence-corrected chi connectivity index (χ1v) is 14.6. The van der Waals surface area contributed by atoms with Crippen LogP contribution in [0.15, 0.2) is 48.9 Å². The third-order valence-corrected chi connectivity index (χ3v) is 8.22. The number of aliphatic hydroxyl groups is 1. The number of nitrogens with zero attached hydrogens (tertiary/aromatic N) is 7. The highest BCUT2D eigenvalue weighted by molar-refractivity contribution is 5.94. The maximum Gasteiger partial charge on any atom is 0.254 e. The minimum Gasteiger partial charge on any atom is -0.493 e. The van der Waals surface area contributed by atoms with Gasteiger partial charge in [0.2, 0.25) is 11.7 Å². The molecule has 0 aliphatic carbocycles. The standard InChI is InChI=1S/C32H34N8O5/c1-43-26-13-23(14-27(44-2)29(26)45-3)39-17-28(34-19-39)36-32-35-25-10-12-38(31(42)21-8-6-20(15-33)7-9-21)16-24(25)30(37-32)40-11-4-5-22(40)18-41/h6-9,13-14,17,19,22,41H,4-5,10-12,16,18H2,1-3H3,(H,35,36,37)/t22-/m0/s1. The van der Waals surface area contributed by atoms with Gasteiger partial charge in [0.15, 0.2) is 17.3 Å². The molecule has 45 heavy (non-hydrogen) atoms. The zero-order valence-electron chi connectivity index (χ0n) is 25.4. The van der Waals surface area contributed by atoms with Gasteiger partial charge in [-0.15, -0.1) is 0 Å². The average Bonchev–Trinajstić information content (AvgIpc) is 3.76. The molecule has 4 aromatic rings. The Kier molecular flexibility index (Phi) is 8.39. The van der Waals surface area contributed by atoms with Crippen LogP contribution in [-0.4, -0.2) is 82.5 Å². The van der Waals surface area contributed by atoms with E-state index in [0.29, 0.717) is 65.5 Å². The smallest absolute Gasteiger partial charge is 0.254 e. The van der Waals surface area contributed by atoms with Gasteiger partial charge in [0.1, 0.15) is 12.1 Å². The van der Waals surface area contributed by atoms with Crippen molar-refractivity contribution in [3.8, 4) is 29.0 Å². The number of carbonyl (C=O) groups excluding carboxylic acids is 1. The highest BCUT2D eigenvalue weighted by Gasteiger charge is 2.32. The van der Waals surface area contributed by atoms with E-state index < -0.39 is 0 Å². The molecule has 6 rings (SSSR count). The number of amides is 1. The Bertz CT molecular complexity index is 1720. The van der Waals surface area contributed by atoms with E-state index in [9.17, 15) is 9.90 Å². The fourth-order valence-electron chi connectivity index (χ4n) is 5.90. The van der Waals surface area contributed by atoms with Crippen molar-refractivity contribution in [1.29, 1.82) is 5.26 Å². The average molecular weight is 611 g/mol. The summed E-state index contributed by atoms with van der Waals surface area (Å²) in [6.45, 7) is 1.58. The number of hydrogen-bond donors (Lipinski definition) is 2. The highest BCUT2D eigenvalue weighted by atomic mass is 16.5. The number of aromatic nitrogens is 4. The quantitative estimate of drug-likeness (QED) is 0.287. The summed E-state index contributed by atoms with van der Waals surface area (Å²) in [6, 6.07) is 12.3. The maximum absolute atomic E-state index is 13.4. The van der Waals surface area contributed by atoms with E-state index in [-0.39, 0.29) is 18.6 Å². The molecule has 13 heteroatoms. The lowest BCUT2D eigenvalue weighted by Gasteiger charge is -2.33. The van der Waals surface area contributed by atoms with E-state index in [1.165, 1.54) is 0 Å². The van der Waals surface area contributed by atoms with Crippen molar-refractivity contribution >= 4 is 23.5 Å². The molecule has 0 bridgehead atoms. The number of nitrogens with one attached hydrogen (secondary N) is 1. The number of anilines is 3. The maximum atomic E-state index is 13.4. The zero-order valence-corrected chi connectivity index (χ0v) is 25.4. The number of fused-ring (bicyclic) bond motifs is 1. The number of benzene rings is 2. The van der Waals surface area contributed by atoms with Crippen molar-refractivity contribution in [3.63, 3.8) is 0 Å². The predicted molar refractivity (Wildman–Crippen MR) is 166 cm³/mol. The van der Waals surface area contributed by atoms with Crippen LogP contribution in [0, 0.1) is 11.3 Å². The molecule has 1 fully saturated rings. The van der Waals surface area contributed by atoms with Crippen molar-refractivity contribution < 1.29 is 24.1 Å². The van der Waals surface area contributed by atoms with Gasteiger partial charge in [-0.25, -0.2) is 9.97 Å². The molecule has 2 aliphatic rings. The van der Waals surface area contributed by atoms with Crippen molar-refractivity contribution in [2.24, 2.45) is 0 Å². The van der Waals surface area contributed by atoms with Crippen molar-refractivity contribution in [3.05, 3.63) is 71.3 Å². The van der Waals surface area contributed by atoms with Gasteiger partial charge in [-0.1, -0.05) is 0 Å². The molecular weight excluding hydrogens is 576 g/mol. The van der Waals surface area contributed by atoms with E-state index in [1.807, 2.05) is 22.9 Å². The molecule has 2 aliphatic heterocycles. The molecule has 13 nitrogen and oxygen atoms in total. The first-order valence-electron chi connectivity index (χ1n) is 14.6. The molecule has 0 saturated carbocycles. The Labute approximate surface area is 260 Å². The summed E-state index contributed by atoms with van der Waals surface area (Å²) in [6.07, 6.45) is 5.80. The van der Waals surface area contributed by atoms with Gasteiger partial charge in [-0.3, -0.25) is 4.79 Å². The minimum atomic E-state index is -0.115. The molecule has 4 heterocycles. The van der Waals surface area contributed by atoms with Crippen LogP contribution in [0.2, 0.25) is 0 Å². The van der Waals surface area contributed by atoms with Gasteiger partial charge in [-0.05, 0) is 37.1 Å². The lowest BCUT2D eigenvalue weighted by molar-refractivity contribution is 0.0733. The van der Waals surface area contributed by atoms with Gasteiger partial charge < -0.3 is 39.0 Å². The summed E-state index contributed by atoms with van der Waals surface area (Å²) in [5.74, 6) is 3.05.